The standard InChI is InChI=1S/C16H26O3/c1-2-3-8-11-14-15(19-14)12-9-6-4-5-7-10-13-16(17)18/h5,7,10,13-15H,2-4,6,8-9,11-12H2,1H3,(H,17,18). The molecule has 2 atom stereocenters. The van der Waals surface area contributed by atoms with Crippen molar-refractivity contribution in [2.45, 2.75) is 70.5 Å². The molecule has 0 aromatic rings. The highest BCUT2D eigenvalue weighted by Gasteiger charge is 2.36. The first kappa shape index (κ1) is 16.0. The van der Waals surface area contributed by atoms with Gasteiger partial charge >= 0.3 is 5.97 Å². The van der Waals surface area contributed by atoms with E-state index in [1.165, 1.54) is 38.5 Å². The number of epoxide rings is 1. The number of rotatable bonds is 11. The third-order valence-electron chi connectivity index (χ3n) is 3.38. The predicted molar refractivity (Wildman–Crippen MR) is 77.2 cm³/mol. The van der Waals surface area contributed by atoms with Crippen molar-refractivity contribution in [1.82, 2.24) is 0 Å². The highest BCUT2D eigenvalue weighted by Crippen LogP contribution is 2.31. The van der Waals surface area contributed by atoms with Crippen LogP contribution in [0.1, 0.15) is 58.3 Å². The van der Waals surface area contributed by atoms with Gasteiger partial charge in [0.2, 0.25) is 0 Å². The van der Waals surface area contributed by atoms with E-state index in [0.29, 0.717) is 12.2 Å². The first-order valence-electron chi connectivity index (χ1n) is 7.45. The van der Waals surface area contributed by atoms with Crippen LogP contribution in [-0.4, -0.2) is 23.3 Å². The van der Waals surface area contributed by atoms with E-state index in [9.17, 15) is 4.79 Å². The van der Waals surface area contributed by atoms with Crippen LogP contribution >= 0.6 is 0 Å². The summed E-state index contributed by atoms with van der Waals surface area (Å²) >= 11 is 0. The number of hydrogen-bond acceptors (Lipinski definition) is 2. The summed E-state index contributed by atoms with van der Waals surface area (Å²) in [6, 6.07) is 0. The van der Waals surface area contributed by atoms with Gasteiger partial charge in [-0.2, -0.15) is 0 Å². The largest absolute Gasteiger partial charge is 0.478 e. The van der Waals surface area contributed by atoms with E-state index in [4.69, 9.17) is 9.84 Å². The zero-order valence-electron chi connectivity index (χ0n) is 11.9. The number of carboxylic acid groups (broad SMARTS) is 1. The molecule has 19 heavy (non-hydrogen) atoms. The minimum Gasteiger partial charge on any atom is -0.478 e. The SMILES string of the molecule is CCCCCC1OC1CCCCC=CC=CC(=O)O. The normalized spacial score (nSPS) is 22.4. The molecule has 3 nitrogen and oxygen atoms in total. The van der Waals surface area contributed by atoms with Gasteiger partial charge in [0, 0.05) is 6.08 Å². The molecule has 0 spiro atoms. The van der Waals surface area contributed by atoms with Gasteiger partial charge in [0.1, 0.15) is 0 Å². The Balaban J connectivity index is 1.88. The molecule has 0 aliphatic carbocycles. The van der Waals surface area contributed by atoms with Gasteiger partial charge in [-0.05, 0) is 25.7 Å². The van der Waals surface area contributed by atoms with Crippen molar-refractivity contribution in [2.24, 2.45) is 0 Å². The summed E-state index contributed by atoms with van der Waals surface area (Å²) in [6.07, 6.45) is 17.3. The molecule has 1 fully saturated rings. The first-order chi connectivity index (χ1) is 9.24. The molecule has 0 radical (unpaired) electrons. The molecule has 1 aliphatic heterocycles. The number of ether oxygens (including phenoxy) is 1. The number of allylic oxidation sites excluding steroid dienone is 3. The van der Waals surface area contributed by atoms with Gasteiger partial charge in [0.25, 0.3) is 0 Å². The Morgan fingerprint density at radius 1 is 1.11 bits per heavy atom. The number of carboxylic acids is 1. The molecule has 0 aromatic carbocycles. The molecule has 0 bridgehead atoms. The number of carbonyl (C=O) groups is 1. The molecule has 0 aromatic heterocycles. The number of unbranched alkanes of at least 4 members (excludes halogenated alkanes) is 4. The molecule has 2 unspecified atom stereocenters. The summed E-state index contributed by atoms with van der Waals surface area (Å²) in [5, 5.41) is 8.39. The molecule has 1 rings (SSSR count). The van der Waals surface area contributed by atoms with Crippen molar-refractivity contribution in [3.8, 4) is 0 Å². The third-order valence-corrected chi connectivity index (χ3v) is 3.38. The summed E-state index contributed by atoms with van der Waals surface area (Å²) in [7, 11) is 0. The van der Waals surface area contributed by atoms with Crippen LogP contribution < -0.4 is 0 Å². The first-order valence-corrected chi connectivity index (χ1v) is 7.45. The van der Waals surface area contributed by atoms with Crippen molar-refractivity contribution in [3.05, 3.63) is 24.3 Å². The second-order valence-electron chi connectivity index (χ2n) is 5.12. The molecule has 1 aliphatic rings. The Labute approximate surface area is 116 Å². The average molecular weight is 266 g/mol. The predicted octanol–water partition coefficient (Wildman–Crippen LogP) is 4.09. The lowest BCUT2D eigenvalue weighted by Gasteiger charge is -1.96. The molecule has 3 heteroatoms. The van der Waals surface area contributed by atoms with Crippen LogP contribution in [-0.2, 0) is 9.53 Å². The molecule has 1 heterocycles. The van der Waals surface area contributed by atoms with Gasteiger partial charge < -0.3 is 9.84 Å². The van der Waals surface area contributed by atoms with Crippen LogP contribution in [0.25, 0.3) is 0 Å². The Morgan fingerprint density at radius 2 is 1.79 bits per heavy atom. The maximum absolute atomic E-state index is 10.2. The van der Waals surface area contributed by atoms with Crippen molar-refractivity contribution in [2.75, 3.05) is 0 Å². The van der Waals surface area contributed by atoms with E-state index in [0.717, 1.165) is 18.9 Å². The summed E-state index contributed by atoms with van der Waals surface area (Å²) in [4.78, 5) is 10.2. The Kier molecular flexibility index (Phi) is 8.23. The molecule has 108 valence electrons. The lowest BCUT2D eigenvalue weighted by Crippen LogP contribution is -1.94. The molecule has 1 saturated heterocycles. The van der Waals surface area contributed by atoms with Crippen molar-refractivity contribution in [3.63, 3.8) is 0 Å². The van der Waals surface area contributed by atoms with Crippen LogP contribution in [0.15, 0.2) is 24.3 Å². The Morgan fingerprint density at radius 3 is 2.42 bits per heavy atom. The topological polar surface area (TPSA) is 49.8 Å². The van der Waals surface area contributed by atoms with Gasteiger partial charge in [0.05, 0.1) is 12.2 Å². The summed E-state index contributed by atoms with van der Waals surface area (Å²) < 4.78 is 5.64. The van der Waals surface area contributed by atoms with Gasteiger partial charge in [-0.3, -0.25) is 0 Å². The zero-order valence-corrected chi connectivity index (χ0v) is 11.9. The molecular weight excluding hydrogens is 240 g/mol. The van der Waals surface area contributed by atoms with Crippen molar-refractivity contribution >= 4 is 5.97 Å². The van der Waals surface area contributed by atoms with Gasteiger partial charge in [-0.25, -0.2) is 4.79 Å². The minimum absolute atomic E-state index is 0.521. The number of aliphatic carboxylic acids is 1. The molecule has 1 N–H and O–H groups in total. The van der Waals surface area contributed by atoms with Crippen LogP contribution in [0.4, 0.5) is 0 Å². The van der Waals surface area contributed by atoms with Gasteiger partial charge in [0.15, 0.2) is 0 Å². The Hall–Kier alpha value is -1.09. The van der Waals surface area contributed by atoms with Crippen molar-refractivity contribution in [1.29, 1.82) is 0 Å². The second kappa shape index (κ2) is 9.79. The minimum atomic E-state index is -0.898. The quantitative estimate of drug-likeness (QED) is 0.265. The maximum atomic E-state index is 10.2. The Bertz CT molecular complexity index is 307. The van der Waals surface area contributed by atoms with Gasteiger partial charge in [-0.1, -0.05) is 50.8 Å². The molecular formula is C16H26O3. The van der Waals surface area contributed by atoms with Gasteiger partial charge in [-0.15, -0.1) is 0 Å². The summed E-state index contributed by atoms with van der Waals surface area (Å²) in [5.74, 6) is -0.898. The fourth-order valence-electron chi connectivity index (χ4n) is 2.20. The van der Waals surface area contributed by atoms with E-state index in [2.05, 4.69) is 6.92 Å². The highest BCUT2D eigenvalue weighted by molar-refractivity contribution is 5.80. The van der Waals surface area contributed by atoms with Crippen molar-refractivity contribution < 1.29 is 14.6 Å². The van der Waals surface area contributed by atoms with Crippen LogP contribution in [0.3, 0.4) is 0 Å². The smallest absolute Gasteiger partial charge is 0.328 e. The molecule has 0 saturated carbocycles. The van der Waals surface area contributed by atoms with Crippen LogP contribution in [0.5, 0.6) is 0 Å². The fourth-order valence-corrected chi connectivity index (χ4v) is 2.20. The van der Waals surface area contributed by atoms with E-state index in [1.54, 1.807) is 12.2 Å². The van der Waals surface area contributed by atoms with Crippen LogP contribution in [0.2, 0.25) is 0 Å². The average Bonchev–Trinajstić information content (AvgIpc) is 3.11. The lowest BCUT2D eigenvalue weighted by molar-refractivity contribution is -0.131. The van der Waals surface area contributed by atoms with E-state index < -0.39 is 5.97 Å². The number of hydrogen-bond donors (Lipinski definition) is 1. The van der Waals surface area contributed by atoms with Crippen LogP contribution in [0, 0.1) is 0 Å². The fraction of sp³-hybridized carbons (Fsp3) is 0.688. The lowest BCUT2D eigenvalue weighted by atomic mass is 10.1. The van der Waals surface area contributed by atoms with E-state index in [1.807, 2.05) is 6.08 Å². The third kappa shape index (κ3) is 8.60. The highest BCUT2D eigenvalue weighted by atomic mass is 16.6. The second-order valence-corrected chi connectivity index (χ2v) is 5.12. The monoisotopic (exact) mass is 266 g/mol. The molecule has 0 amide bonds. The summed E-state index contributed by atoms with van der Waals surface area (Å²) in [6.45, 7) is 2.23. The summed E-state index contributed by atoms with van der Waals surface area (Å²) in [5.41, 5.74) is 0. The van der Waals surface area contributed by atoms with E-state index >= 15 is 0 Å². The zero-order chi connectivity index (χ0) is 13.9. The maximum Gasteiger partial charge on any atom is 0.328 e. The van der Waals surface area contributed by atoms with E-state index in [-0.39, 0.29) is 0 Å².